The second-order valence-electron chi connectivity index (χ2n) is 9.77. The number of nitrogens with one attached hydrogen (secondary N) is 1. The van der Waals surface area contributed by atoms with Crippen LogP contribution >= 0.6 is 0 Å². The third-order valence-corrected chi connectivity index (χ3v) is 7.16. The molecular weight excluding hydrogens is 410 g/mol. The van der Waals surface area contributed by atoms with Gasteiger partial charge in [-0.3, -0.25) is 9.69 Å². The number of piperidine rings is 1. The lowest BCUT2D eigenvalue weighted by Gasteiger charge is -2.31. The SMILES string of the molecule is CCC(=O)CN1CCC(c2ccc3[nH]c(-c4cc(C)n5nncc5c4)c(C(C)C)c3c2)CC1. The Bertz CT molecular complexity index is 1310. The average Bonchev–Trinajstić information content (AvgIpc) is 3.44. The summed E-state index contributed by atoms with van der Waals surface area (Å²) in [7, 11) is 0. The third kappa shape index (κ3) is 4.08. The van der Waals surface area contributed by atoms with E-state index in [1.165, 1.54) is 33.3 Å². The molecule has 0 aliphatic carbocycles. The predicted molar refractivity (Wildman–Crippen MR) is 133 cm³/mol. The van der Waals surface area contributed by atoms with E-state index in [0.717, 1.165) is 37.1 Å². The molecule has 0 unspecified atom stereocenters. The first-order valence-corrected chi connectivity index (χ1v) is 12.2. The van der Waals surface area contributed by atoms with Gasteiger partial charge in [0, 0.05) is 28.6 Å². The molecule has 3 aromatic heterocycles. The number of nitrogens with zero attached hydrogens (tertiary/aromatic N) is 4. The largest absolute Gasteiger partial charge is 0.354 e. The summed E-state index contributed by atoms with van der Waals surface area (Å²) in [5, 5.41) is 9.57. The molecule has 0 bridgehead atoms. The van der Waals surface area contributed by atoms with Crippen molar-refractivity contribution in [3.8, 4) is 11.3 Å². The molecule has 172 valence electrons. The predicted octanol–water partition coefficient (Wildman–Crippen LogP) is 5.47. The number of aryl methyl sites for hydroxylation is 1. The van der Waals surface area contributed by atoms with Crippen LogP contribution in [-0.4, -0.2) is 50.1 Å². The third-order valence-electron chi connectivity index (χ3n) is 7.16. The van der Waals surface area contributed by atoms with E-state index in [1.54, 1.807) is 0 Å². The van der Waals surface area contributed by atoms with Crippen LogP contribution in [0.3, 0.4) is 0 Å². The van der Waals surface area contributed by atoms with Crippen molar-refractivity contribution in [3.05, 3.63) is 53.3 Å². The summed E-state index contributed by atoms with van der Waals surface area (Å²) >= 11 is 0. The van der Waals surface area contributed by atoms with Crippen LogP contribution < -0.4 is 0 Å². The summed E-state index contributed by atoms with van der Waals surface area (Å²) in [6.45, 7) is 11.2. The first-order valence-electron chi connectivity index (χ1n) is 12.2. The fourth-order valence-corrected chi connectivity index (χ4v) is 5.34. The van der Waals surface area contributed by atoms with Gasteiger partial charge in [0.15, 0.2) is 0 Å². The van der Waals surface area contributed by atoms with Crippen molar-refractivity contribution in [3.63, 3.8) is 0 Å². The highest BCUT2D eigenvalue weighted by Gasteiger charge is 2.23. The van der Waals surface area contributed by atoms with Crippen LogP contribution in [0.2, 0.25) is 0 Å². The second kappa shape index (κ2) is 8.75. The van der Waals surface area contributed by atoms with Gasteiger partial charge in [-0.15, -0.1) is 5.10 Å². The van der Waals surface area contributed by atoms with Crippen LogP contribution in [-0.2, 0) is 4.79 Å². The lowest BCUT2D eigenvalue weighted by molar-refractivity contribution is -0.120. The Morgan fingerprint density at radius 1 is 1.18 bits per heavy atom. The highest BCUT2D eigenvalue weighted by molar-refractivity contribution is 5.92. The van der Waals surface area contributed by atoms with Gasteiger partial charge in [0.25, 0.3) is 0 Å². The van der Waals surface area contributed by atoms with E-state index in [-0.39, 0.29) is 0 Å². The maximum Gasteiger partial charge on any atom is 0.146 e. The van der Waals surface area contributed by atoms with Gasteiger partial charge in [0.05, 0.1) is 24.0 Å². The highest BCUT2D eigenvalue weighted by Crippen LogP contribution is 2.38. The number of H-pyrrole nitrogens is 1. The summed E-state index contributed by atoms with van der Waals surface area (Å²) in [6.07, 6.45) is 4.67. The first kappa shape index (κ1) is 21.8. The van der Waals surface area contributed by atoms with Crippen LogP contribution in [0.25, 0.3) is 27.7 Å². The molecule has 1 N–H and O–H groups in total. The molecule has 0 saturated carbocycles. The number of aromatic amines is 1. The lowest BCUT2D eigenvalue weighted by atomic mass is 9.87. The average molecular weight is 444 g/mol. The number of carbonyl (C=O) groups excluding carboxylic acids is 1. The summed E-state index contributed by atoms with van der Waals surface area (Å²) in [5.41, 5.74) is 8.42. The summed E-state index contributed by atoms with van der Waals surface area (Å²) in [6, 6.07) is 11.3. The topological polar surface area (TPSA) is 66.3 Å². The molecular formula is C27H33N5O. The Hall–Kier alpha value is -2.99. The minimum Gasteiger partial charge on any atom is -0.354 e. The van der Waals surface area contributed by atoms with Gasteiger partial charge < -0.3 is 4.98 Å². The number of pyridine rings is 1. The molecule has 1 fully saturated rings. The highest BCUT2D eigenvalue weighted by atomic mass is 16.1. The normalized spacial score (nSPS) is 15.8. The molecule has 4 aromatic rings. The summed E-state index contributed by atoms with van der Waals surface area (Å²) < 4.78 is 1.87. The van der Waals surface area contributed by atoms with Crippen molar-refractivity contribution in [1.82, 2.24) is 24.7 Å². The molecule has 1 aliphatic rings. The quantitative estimate of drug-likeness (QED) is 0.429. The van der Waals surface area contributed by atoms with Crippen LogP contribution in [0.15, 0.2) is 36.5 Å². The Balaban J connectivity index is 1.48. The molecule has 1 saturated heterocycles. The zero-order chi connectivity index (χ0) is 23.1. The monoisotopic (exact) mass is 443 g/mol. The molecule has 0 atom stereocenters. The maximum atomic E-state index is 11.8. The van der Waals surface area contributed by atoms with Crippen molar-refractivity contribution >= 4 is 22.2 Å². The van der Waals surface area contributed by atoms with E-state index in [4.69, 9.17) is 0 Å². The fraction of sp³-hybridized carbons (Fsp3) is 0.444. The number of fused-ring (bicyclic) bond motifs is 2. The van der Waals surface area contributed by atoms with Gasteiger partial charge in [0.1, 0.15) is 5.78 Å². The number of ketones is 1. The minimum absolute atomic E-state index is 0.344. The fourth-order valence-electron chi connectivity index (χ4n) is 5.34. The van der Waals surface area contributed by atoms with E-state index in [1.807, 2.05) is 17.6 Å². The molecule has 1 aromatic carbocycles. The van der Waals surface area contributed by atoms with Gasteiger partial charge in [0.2, 0.25) is 0 Å². The van der Waals surface area contributed by atoms with Crippen molar-refractivity contribution < 1.29 is 4.79 Å². The standard InChI is InChI=1S/C27H33N5O/c1-5-23(33)16-31-10-8-19(9-11-31)20-6-7-25-24(14-20)26(17(2)3)27(29-25)21-12-18(4)32-22(13-21)15-28-30-32/h6-7,12-15,17,19,29H,5,8-11,16H2,1-4H3. The van der Waals surface area contributed by atoms with Crippen LogP contribution in [0.5, 0.6) is 0 Å². The number of carbonyl (C=O) groups is 1. The molecule has 1 aliphatic heterocycles. The van der Waals surface area contributed by atoms with Crippen LogP contribution in [0.1, 0.15) is 68.7 Å². The lowest BCUT2D eigenvalue weighted by Crippen LogP contribution is -2.36. The Kier molecular flexibility index (Phi) is 5.79. The van der Waals surface area contributed by atoms with E-state index in [2.05, 4.69) is 71.3 Å². The smallest absolute Gasteiger partial charge is 0.146 e. The number of aromatic nitrogens is 4. The Morgan fingerprint density at radius 3 is 2.70 bits per heavy atom. The zero-order valence-corrected chi connectivity index (χ0v) is 20.1. The number of likely N-dealkylation sites (tertiary alicyclic amines) is 1. The molecule has 0 radical (unpaired) electrons. The molecule has 0 amide bonds. The van der Waals surface area contributed by atoms with E-state index >= 15 is 0 Å². The molecule has 6 heteroatoms. The molecule has 0 spiro atoms. The second-order valence-corrected chi connectivity index (χ2v) is 9.77. The zero-order valence-electron chi connectivity index (χ0n) is 20.1. The molecule has 5 rings (SSSR count). The maximum absolute atomic E-state index is 11.8. The number of hydrogen-bond donors (Lipinski definition) is 1. The van der Waals surface area contributed by atoms with Crippen molar-refractivity contribution in [2.75, 3.05) is 19.6 Å². The summed E-state index contributed by atoms with van der Waals surface area (Å²) in [5.74, 6) is 1.29. The molecule has 4 heterocycles. The minimum atomic E-state index is 0.344. The van der Waals surface area contributed by atoms with Gasteiger partial charge in [-0.05, 0) is 80.1 Å². The van der Waals surface area contributed by atoms with Gasteiger partial charge >= 0.3 is 0 Å². The summed E-state index contributed by atoms with van der Waals surface area (Å²) in [4.78, 5) is 17.9. The van der Waals surface area contributed by atoms with Gasteiger partial charge in [-0.1, -0.05) is 32.1 Å². The van der Waals surface area contributed by atoms with Gasteiger partial charge in [-0.2, -0.15) is 0 Å². The number of benzene rings is 1. The van der Waals surface area contributed by atoms with E-state index in [9.17, 15) is 4.79 Å². The number of Topliss-reactive ketones (excluding diaryl/α,β-unsaturated/α-hetero) is 1. The van der Waals surface area contributed by atoms with Crippen molar-refractivity contribution in [2.45, 2.75) is 58.8 Å². The Morgan fingerprint density at radius 2 is 1.97 bits per heavy atom. The van der Waals surface area contributed by atoms with Crippen LogP contribution in [0, 0.1) is 6.92 Å². The van der Waals surface area contributed by atoms with E-state index in [0.29, 0.717) is 30.6 Å². The Labute approximate surface area is 195 Å². The number of rotatable bonds is 6. The first-order chi connectivity index (χ1) is 15.9. The van der Waals surface area contributed by atoms with Gasteiger partial charge in [-0.25, -0.2) is 4.52 Å². The van der Waals surface area contributed by atoms with Crippen molar-refractivity contribution in [1.29, 1.82) is 0 Å². The van der Waals surface area contributed by atoms with E-state index < -0.39 is 0 Å². The molecule has 33 heavy (non-hydrogen) atoms. The molecule has 6 nitrogen and oxygen atoms in total. The van der Waals surface area contributed by atoms with Crippen LogP contribution in [0.4, 0.5) is 0 Å². The van der Waals surface area contributed by atoms with Crippen molar-refractivity contribution in [2.24, 2.45) is 0 Å². The number of hydrogen-bond acceptors (Lipinski definition) is 4.